The minimum atomic E-state index is 0.946. The minimum Gasteiger partial charge on any atom is -0.496 e. The van der Waals surface area contributed by atoms with E-state index in [1.807, 2.05) is 18.5 Å². The van der Waals surface area contributed by atoms with Crippen LogP contribution in [0.15, 0.2) is 24.5 Å². The van der Waals surface area contributed by atoms with Crippen LogP contribution in [-0.2, 0) is 0 Å². The van der Waals surface area contributed by atoms with Gasteiger partial charge in [-0.1, -0.05) is 0 Å². The van der Waals surface area contributed by atoms with Gasteiger partial charge in [-0.05, 0) is 42.5 Å². The van der Waals surface area contributed by atoms with Crippen LogP contribution < -0.4 is 4.74 Å². The number of rotatable bonds is 1. The molecule has 0 saturated heterocycles. The molecule has 0 saturated carbocycles. The van der Waals surface area contributed by atoms with E-state index in [1.54, 1.807) is 7.11 Å². The highest BCUT2D eigenvalue weighted by molar-refractivity contribution is 5.89. The van der Waals surface area contributed by atoms with E-state index in [-0.39, 0.29) is 0 Å². The monoisotopic (exact) mass is 187 g/mol. The molecule has 2 nitrogen and oxygen atoms in total. The zero-order valence-electron chi connectivity index (χ0n) is 8.66. The van der Waals surface area contributed by atoms with Crippen molar-refractivity contribution in [3.05, 3.63) is 35.7 Å². The maximum absolute atomic E-state index is 5.31. The molecular formula is C12H13NO. The number of hydrogen-bond donors (Lipinski definition) is 0. The van der Waals surface area contributed by atoms with Crippen molar-refractivity contribution in [3.8, 4) is 5.75 Å². The summed E-state index contributed by atoms with van der Waals surface area (Å²) in [6.07, 6.45) is 3.71. The molecule has 0 atom stereocenters. The second-order valence-corrected chi connectivity index (χ2v) is 3.44. The van der Waals surface area contributed by atoms with Gasteiger partial charge in [0.2, 0.25) is 0 Å². The van der Waals surface area contributed by atoms with E-state index in [0.717, 1.165) is 5.75 Å². The quantitative estimate of drug-likeness (QED) is 0.684. The molecule has 2 heteroatoms. The fourth-order valence-electron chi connectivity index (χ4n) is 1.76. The van der Waals surface area contributed by atoms with Gasteiger partial charge in [-0.25, -0.2) is 0 Å². The number of benzene rings is 1. The zero-order valence-corrected chi connectivity index (χ0v) is 8.66. The first kappa shape index (κ1) is 9.00. The molecule has 14 heavy (non-hydrogen) atoms. The summed E-state index contributed by atoms with van der Waals surface area (Å²) < 4.78 is 5.31. The van der Waals surface area contributed by atoms with Gasteiger partial charge in [0.15, 0.2) is 0 Å². The number of aryl methyl sites for hydroxylation is 2. The van der Waals surface area contributed by atoms with Gasteiger partial charge in [0.25, 0.3) is 0 Å². The molecule has 0 unspecified atom stereocenters. The highest BCUT2D eigenvalue weighted by Gasteiger charge is 2.06. The van der Waals surface area contributed by atoms with E-state index in [1.165, 1.54) is 21.9 Å². The second kappa shape index (κ2) is 3.29. The summed E-state index contributed by atoms with van der Waals surface area (Å²) in [5.41, 5.74) is 2.38. The number of aromatic nitrogens is 1. The van der Waals surface area contributed by atoms with Crippen LogP contribution in [0.1, 0.15) is 11.1 Å². The van der Waals surface area contributed by atoms with Crippen molar-refractivity contribution in [2.24, 2.45) is 0 Å². The molecule has 1 aromatic carbocycles. The topological polar surface area (TPSA) is 22.1 Å². The molecular weight excluding hydrogens is 174 g/mol. The van der Waals surface area contributed by atoms with Crippen molar-refractivity contribution in [3.63, 3.8) is 0 Å². The lowest BCUT2D eigenvalue weighted by molar-refractivity contribution is 0.412. The minimum absolute atomic E-state index is 0.946. The molecule has 0 aliphatic carbocycles. The molecule has 0 spiro atoms. The summed E-state index contributed by atoms with van der Waals surface area (Å²) >= 11 is 0. The van der Waals surface area contributed by atoms with Crippen molar-refractivity contribution in [1.82, 2.24) is 4.98 Å². The van der Waals surface area contributed by atoms with Gasteiger partial charge in [0, 0.05) is 17.8 Å². The van der Waals surface area contributed by atoms with E-state index in [0.29, 0.717) is 0 Å². The molecule has 0 aliphatic rings. The highest BCUT2D eigenvalue weighted by atomic mass is 16.5. The van der Waals surface area contributed by atoms with E-state index in [9.17, 15) is 0 Å². The SMILES string of the molecule is COc1cc(C)c2cnccc2c1C. The molecule has 0 amide bonds. The Kier molecular flexibility index (Phi) is 2.12. The summed E-state index contributed by atoms with van der Waals surface area (Å²) in [5.74, 6) is 0.946. The molecule has 72 valence electrons. The van der Waals surface area contributed by atoms with Gasteiger partial charge >= 0.3 is 0 Å². The molecule has 1 heterocycles. The average Bonchev–Trinajstić information content (AvgIpc) is 2.23. The van der Waals surface area contributed by atoms with Gasteiger partial charge < -0.3 is 4.74 Å². The summed E-state index contributed by atoms with van der Waals surface area (Å²) in [7, 11) is 1.70. The van der Waals surface area contributed by atoms with Crippen LogP contribution in [0.3, 0.4) is 0 Å². The standard InChI is InChI=1S/C12H13NO/c1-8-6-12(14-3)9(2)10-4-5-13-7-11(8)10/h4-7H,1-3H3. The van der Waals surface area contributed by atoms with Crippen LogP contribution >= 0.6 is 0 Å². The summed E-state index contributed by atoms with van der Waals surface area (Å²) in [6.45, 7) is 4.15. The number of methoxy groups -OCH3 is 1. The van der Waals surface area contributed by atoms with Gasteiger partial charge in [-0.3, -0.25) is 4.98 Å². The maximum atomic E-state index is 5.31. The summed E-state index contributed by atoms with van der Waals surface area (Å²) in [4.78, 5) is 4.13. The first-order chi connectivity index (χ1) is 6.74. The predicted molar refractivity (Wildman–Crippen MR) is 57.8 cm³/mol. The largest absolute Gasteiger partial charge is 0.496 e. The Bertz CT molecular complexity index is 477. The third-order valence-electron chi connectivity index (χ3n) is 2.59. The number of hydrogen-bond acceptors (Lipinski definition) is 2. The number of ether oxygens (including phenoxy) is 1. The van der Waals surface area contributed by atoms with Crippen molar-refractivity contribution < 1.29 is 4.74 Å². The Hall–Kier alpha value is -1.57. The normalized spacial score (nSPS) is 10.5. The van der Waals surface area contributed by atoms with Gasteiger partial charge in [-0.15, -0.1) is 0 Å². The van der Waals surface area contributed by atoms with Crippen molar-refractivity contribution in [1.29, 1.82) is 0 Å². The second-order valence-electron chi connectivity index (χ2n) is 3.44. The molecule has 2 rings (SSSR count). The lowest BCUT2D eigenvalue weighted by Gasteiger charge is -2.10. The Morgan fingerprint density at radius 3 is 2.71 bits per heavy atom. The van der Waals surface area contributed by atoms with Crippen LogP contribution in [0.4, 0.5) is 0 Å². The number of pyridine rings is 1. The van der Waals surface area contributed by atoms with Gasteiger partial charge in [-0.2, -0.15) is 0 Å². The van der Waals surface area contributed by atoms with Crippen LogP contribution in [0, 0.1) is 13.8 Å². The average molecular weight is 187 g/mol. The molecule has 0 radical (unpaired) electrons. The zero-order chi connectivity index (χ0) is 10.1. The van der Waals surface area contributed by atoms with Gasteiger partial charge in [0.05, 0.1) is 7.11 Å². The molecule has 0 bridgehead atoms. The first-order valence-corrected chi connectivity index (χ1v) is 4.62. The number of nitrogens with zero attached hydrogens (tertiary/aromatic N) is 1. The smallest absolute Gasteiger partial charge is 0.122 e. The summed E-state index contributed by atoms with van der Waals surface area (Å²) in [5, 5.41) is 2.42. The van der Waals surface area contributed by atoms with E-state index in [4.69, 9.17) is 4.74 Å². The molecule has 0 aliphatic heterocycles. The maximum Gasteiger partial charge on any atom is 0.122 e. The van der Waals surface area contributed by atoms with Crippen molar-refractivity contribution in [2.45, 2.75) is 13.8 Å². The van der Waals surface area contributed by atoms with Gasteiger partial charge in [0.1, 0.15) is 5.75 Å². The molecule has 0 N–H and O–H groups in total. The van der Waals surface area contributed by atoms with Crippen LogP contribution in [-0.4, -0.2) is 12.1 Å². The van der Waals surface area contributed by atoms with Crippen LogP contribution in [0.2, 0.25) is 0 Å². The lowest BCUT2D eigenvalue weighted by Crippen LogP contribution is -1.91. The number of fused-ring (bicyclic) bond motifs is 1. The third kappa shape index (κ3) is 1.23. The first-order valence-electron chi connectivity index (χ1n) is 4.62. The molecule has 2 aromatic rings. The fraction of sp³-hybridized carbons (Fsp3) is 0.250. The van der Waals surface area contributed by atoms with Crippen LogP contribution in [0.25, 0.3) is 10.8 Å². The third-order valence-corrected chi connectivity index (χ3v) is 2.59. The molecule has 1 aromatic heterocycles. The van der Waals surface area contributed by atoms with Crippen LogP contribution in [0.5, 0.6) is 5.75 Å². The van der Waals surface area contributed by atoms with E-state index < -0.39 is 0 Å². The lowest BCUT2D eigenvalue weighted by atomic mass is 10.0. The fourth-order valence-corrected chi connectivity index (χ4v) is 1.76. The van der Waals surface area contributed by atoms with Crippen molar-refractivity contribution >= 4 is 10.8 Å². The Balaban J connectivity index is 2.87. The van der Waals surface area contributed by atoms with E-state index >= 15 is 0 Å². The Morgan fingerprint density at radius 1 is 1.21 bits per heavy atom. The van der Waals surface area contributed by atoms with E-state index in [2.05, 4.69) is 24.9 Å². The highest BCUT2D eigenvalue weighted by Crippen LogP contribution is 2.29. The Labute approximate surface area is 83.5 Å². The molecule has 0 fully saturated rings. The summed E-state index contributed by atoms with van der Waals surface area (Å²) in [6, 6.07) is 4.08. The predicted octanol–water partition coefficient (Wildman–Crippen LogP) is 2.86. The Morgan fingerprint density at radius 2 is 2.00 bits per heavy atom. The van der Waals surface area contributed by atoms with Crippen molar-refractivity contribution in [2.75, 3.05) is 7.11 Å².